The highest BCUT2D eigenvalue weighted by molar-refractivity contribution is 5.98. The number of fused-ring (bicyclic) bond motifs is 1. The fraction of sp³-hybridized carbons (Fsp3) is 0.400. The van der Waals surface area contributed by atoms with Crippen LogP contribution >= 0.6 is 0 Å². The van der Waals surface area contributed by atoms with Crippen LogP contribution < -0.4 is 0 Å². The summed E-state index contributed by atoms with van der Waals surface area (Å²) in [4.78, 5) is 19.8. The zero-order valence-corrected chi connectivity index (χ0v) is 11.4. The molecular formula is C15H19N3O. The smallest absolute Gasteiger partial charge is 0.253 e. The van der Waals surface area contributed by atoms with Crippen LogP contribution in [0, 0.1) is 0 Å². The number of rotatable bonds is 2. The minimum atomic E-state index is 0.146. The lowest BCUT2D eigenvalue weighted by atomic mass is 10.1. The molecule has 1 aliphatic rings. The number of benzene rings is 1. The van der Waals surface area contributed by atoms with Crippen molar-refractivity contribution in [2.45, 2.75) is 12.5 Å². The molecule has 1 fully saturated rings. The number of carbonyl (C=O) groups excluding carboxylic acids is 1. The van der Waals surface area contributed by atoms with E-state index in [1.165, 1.54) is 0 Å². The predicted octanol–water partition coefficient (Wildman–Crippen LogP) is 1.94. The van der Waals surface area contributed by atoms with Gasteiger partial charge in [-0.1, -0.05) is 0 Å². The number of likely N-dealkylation sites (tertiary alicyclic amines) is 1. The maximum atomic E-state index is 12.5. The number of amides is 1. The van der Waals surface area contributed by atoms with E-state index in [1.54, 1.807) is 0 Å². The fourth-order valence-corrected chi connectivity index (χ4v) is 2.72. The van der Waals surface area contributed by atoms with E-state index in [0.29, 0.717) is 6.04 Å². The van der Waals surface area contributed by atoms with Crippen molar-refractivity contribution < 1.29 is 4.79 Å². The molecule has 1 aromatic carbocycles. The maximum Gasteiger partial charge on any atom is 0.253 e. The van der Waals surface area contributed by atoms with Crippen molar-refractivity contribution in [3.05, 3.63) is 36.0 Å². The first-order chi connectivity index (χ1) is 9.15. The van der Waals surface area contributed by atoms with Gasteiger partial charge >= 0.3 is 0 Å². The third kappa shape index (κ3) is 2.24. The molecule has 1 aliphatic heterocycles. The van der Waals surface area contributed by atoms with E-state index in [4.69, 9.17) is 0 Å². The molecule has 1 N–H and O–H groups in total. The Labute approximate surface area is 113 Å². The Morgan fingerprint density at radius 1 is 1.37 bits per heavy atom. The van der Waals surface area contributed by atoms with Crippen LogP contribution in [0.5, 0.6) is 0 Å². The SMILES string of the molecule is CN(C)[C@@H]1CCN(C(=O)c2ccc3[nH]ccc3c2)C1. The Bertz CT molecular complexity index is 602. The third-order valence-electron chi connectivity index (χ3n) is 3.98. The highest BCUT2D eigenvalue weighted by atomic mass is 16.2. The van der Waals surface area contributed by atoms with Crippen molar-refractivity contribution >= 4 is 16.8 Å². The van der Waals surface area contributed by atoms with Crippen molar-refractivity contribution in [2.24, 2.45) is 0 Å². The second-order valence-corrected chi connectivity index (χ2v) is 5.44. The zero-order chi connectivity index (χ0) is 13.4. The number of hydrogen-bond acceptors (Lipinski definition) is 2. The highest BCUT2D eigenvalue weighted by Gasteiger charge is 2.28. The molecule has 2 heterocycles. The van der Waals surface area contributed by atoms with Gasteiger partial charge in [0.2, 0.25) is 0 Å². The van der Waals surface area contributed by atoms with Crippen molar-refractivity contribution in [3.63, 3.8) is 0 Å². The van der Waals surface area contributed by atoms with Gasteiger partial charge in [-0.25, -0.2) is 0 Å². The number of likely N-dealkylation sites (N-methyl/N-ethyl adjacent to an activating group) is 1. The van der Waals surface area contributed by atoms with Gasteiger partial charge in [0.1, 0.15) is 0 Å². The fourth-order valence-electron chi connectivity index (χ4n) is 2.72. The lowest BCUT2D eigenvalue weighted by Gasteiger charge is -2.20. The first kappa shape index (κ1) is 12.2. The zero-order valence-electron chi connectivity index (χ0n) is 11.4. The minimum absolute atomic E-state index is 0.146. The topological polar surface area (TPSA) is 39.3 Å². The van der Waals surface area contributed by atoms with Crippen LogP contribution in [0.25, 0.3) is 10.9 Å². The van der Waals surface area contributed by atoms with E-state index in [1.807, 2.05) is 35.4 Å². The van der Waals surface area contributed by atoms with Crippen LogP contribution in [0.15, 0.2) is 30.5 Å². The molecule has 0 radical (unpaired) electrons. The van der Waals surface area contributed by atoms with Crippen molar-refractivity contribution in [3.8, 4) is 0 Å². The molecule has 3 rings (SSSR count). The summed E-state index contributed by atoms with van der Waals surface area (Å²) in [6.45, 7) is 1.68. The van der Waals surface area contributed by atoms with Gasteiger partial charge < -0.3 is 14.8 Å². The van der Waals surface area contributed by atoms with Crippen molar-refractivity contribution in [1.29, 1.82) is 0 Å². The quantitative estimate of drug-likeness (QED) is 0.893. The monoisotopic (exact) mass is 257 g/mol. The van der Waals surface area contributed by atoms with Crippen LogP contribution in [0.3, 0.4) is 0 Å². The third-order valence-corrected chi connectivity index (χ3v) is 3.98. The number of aromatic nitrogens is 1. The number of nitrogens with zero attached hydrogens (tertiary/aromatic N) is 2. The molecule has 4 nitrogen and oxygen atoms in total. The van der Waals surface area contributed by atoms with Crippen LogP contribution in [0.4, 0.5) is 0 Å². The molecular weight excluding hydrogens is 238 g/mol. The second-order valence-electron chi connectivity index (χ2n) is 5.44. The van der Waals surface area contributed by atoms with E-state index < -0.39 is 0 Å². The van der Waals surface area contributed by atoms with E-state index >= 15 is 0 Å². The summed E-state index contributed by atoms with van der Waals surface area (Å²) in [6, 6.07) is 8.34. The average molecular weight is 257 g/mol. The van der Waals surface area contributed by atoms with Gasteiger partial charge in [-0.05, 0) is 44.8 Å². The molecule has 1 aromatic heterocycles. The minimum Gasteiger partial charge on any atom is -0.361 e. The summed E-state index contributed by atoms with van der Waals surface area (Å²) in [7, 11) is 4.15. The molecule has 0 aliphatic carbocycles. The highest BCUT2D eigenvalue weighted by Crippen LogP contribution is 2.19. The standard InChI is InChI=1S/C15H19N3O/c1-17(2)13-6-8-18(10-13)15(19)12-3-4-14-11(9-12)5-7-16-14/h3-5,7,9,13,16H,6,8,10H2,1-2H3/t13-/m1/s1. The van der Waals surface area contributed by atoms with Crippen molar-refractivity contribution in [2.75, 3.05) is 27.2 Å². The Morgan fingerprint density at radius 3 is 2.95 bits per heavy atom. The predicted molar refractivity (Wildman–Crippen MR) is 76.3 cm³/mol. The van der Waals surface area contributed by atoms with E-state index in [2.05, 4.69) is 24.0 Å². The molecule has 100 valence electrons. The van der Waals surface area contributed by atoms with Crippen LogP contribution in [-0.2, 0) is 0 Å². The van der Waals surface area contributed by atoms with E-state index in [0.717, 1.165) is 36.0 Å². The maximum absolute atomic E-state index is 12.5. The molecule has 0 saturated carbocycles. The first-order valence-electron chi connectivity index (χ1n) is 6.68. The first-order valence-corrected chi connectivity index (χ1v) is 6.68. The number of carbonyl (C=O) groups is 1. The molecule has 19 heavy (non-hydrogen) atoms. The summed E-state index contributed by atoms with van der Waals surface area (Å²) in [5, 5.41) is 1.09. The summed E-state index contributed by atoms with van der Waals surface area (Å²) in [5.74, 6) is 0.146. The molecule has 2 aromatic rings. The number of nitrogens with one attached hydrogen (secondary N) is 1. The van der Waals surface area contributed by atoms with Crippen LogP contribution in [0.1, 0.15) is 16.8 Å². The summed E-state index contributed by atoms with van der Waals surface area (Å²) < 4.78 is 0. The summed E-state index contributed by atoms with van der Waals surface area (Å²) in [6.07, 6.45) is 2.96. The molecule has 1 saturated heterocycles. The average Bonchev–Trinajstić information content (AvgIpc) is 3.06. The molecule has 1 amide bonds. The molecule has 0 unspecified atom stereocenters. The Kier molecular flexibility index (Phi) is 3.03. The summed E-state index contributed by atoms with van der Waals surface area (Å²) in [5.41, 5.74) is 1.86. The Hall–Kier alpha value is -1.81. The number of hydrogen-bond donors (Lipinski definition) is 1. The normalized spacial score (nSPS) is 19.5. The lowest BCUT2D eigenvalue weighted by Crippen LogP contribution is -2.34. The largest absolute Gasteiger partial charge is 0.361 e. The van der Waals surface area contributed by atoms with Gasteiger partial charge in [-0.3, -0.25) is 4.79 Å². The van der Waals surface area contributed by atoms with Crippen molar-refractivity contribution in [1.82, 2.24) is 14.8 Å². The number of aromatic amines is 1. The Morgan fingerprint density at radius 2 is 2.21 bits per heavy atom. The summed E-state index contributed by atoms with van der Waals surface area (Å²) >= 11 is 0. The van der Waals surface area contributed by atoms with Gasteiger partial charge in [0.15, 0.2) is 0 Å². The molecule has 0 bridgehead atoms. The lowest BCUT2D eigenvalue weighted by molar-refractivity contribution is 0.0783. The molecule has 4 heteroatoms. The van der Waals surface area contributed by atoms with E-state index in [9.17, 15) is 4.79 Å². The van der Waals surface area contributed by atoms with Gasteiger partial charge in [-0.15, -0.1) is 0 Å². The van der Waals surface area contributed by atoms with E-state index in [-0.39, 0.29) is 5.91 Å². The van der Waals surface area contributed by atoms with Gasteiger partial charge in [0.25, 0.3) is 5.91 Å². The molecule has 0 spiro atoms. The van der Waals surface area contributed by atoms with Gasteiger partial charge in [0, 0.05) is 41.8 Å². The Balaban J connectivity index is 1.80. The van der Waals surface area contributed by atoms with Gasteiger partial charge in [-0.2, -0.15) is 0 Å². The van der Waals surface area contributed by atoms with Crippen LogP contribution in [0.2, 0.25) is 0 Å². The van der Waals surface area contributed by atoms with Gasteiger partial charge in [0.05, 0.1) is 0 Å². The number of H-pyrrole nitrogens is 1. The van der Waals surface area contributed by atoms with Crippen LogP contribution in [-0.4, -0.2) is 53.9 Å². The molecule has 1 atom stereocenters. The second kappa shape index (κ2) is 4.70.